The summed E-state index contributed by atoms with van der Waals surface area (Å²) < 4.78 is 2.16. The van der Waals surface area contributed by atoms with E-state index in [0.717, 1.165) is 29.1 Å². The van der Waals surface area contributed by atoms with Gasteiger partial charge in [0, 0.05) is 41.9 Å². The minimum atomic E-state index is -0.337. The van der Waals surface area contributed by atoms with Crippen LogP contribution in [0.2, 0.25) is 0 Å². The lowest BCUT2D eigenvalue weighted by Gasteiger charge is -2.28. The number of nitrogens with one attached hydrogen (secondary N) is 3. The van der Waals surface area contributed by atoms with Crippen LogP contribution >= 0.6 is 0 Å². The molecule has 7 heteroatoms. The van der Waals surface area contributed by atoms with Gasteiger partial charge in [-0.2, -0.15) is 0 Å². The topological polar surface area (TPSA) is 78.4 Å². The molecule has 0 unspecified atom stereocenters. The second-order valence-electron chi connectivity index (χ2n) is 8.11. The van der Waals surface area contributed by atoms with E-state index in [-0.39, 0.29) is 12.1 Å². The van der Waals surface area contributed by atoms with Gasteiger partial charge in [0.1, 0.15) is 0 Å². The molecule has 0 fully saturated rings. The lowest BCUT2D eigenvalue weighted by atomic mass is 10.0. The molecule has 4 amide bonds. The molecule has 1 aliphatic heterocycles. The van der Waals surface area contributed by atoms with Gasteiger partial charge >= 0.3 is 12.1 Å². The number of benzene rings is 3. The van der Waals surface area contributed by atoms with Crippen LogP contribution in [-0.4, -0.2) is 28.1 Å². The van der Waals surface area contributed by atoms with Crippen molar-refractivity contribution < 1.29 is 9.59 Å². The van der Waals surface area contributed by atoms with E-state index in [1.165, 1.54) is 0 Å². The van der Waals surface area contributed by atoms with Crippen LogP contribution in [0.1, 0.15) is 5.69 Å². The average Bonchev–Trinajstić information content (AvgIpc) is 3.34. The van der Waals surface area contributed by atoms with E-state index in [2.05, 4.69) is 20.5 Å². The highest BCUT2D eigenvalue weighted by molar-refractivity contribution is 6.02. The molecular weight excluding hydrogens is 426 g/mol. The number of para-hydroxylation sites is 1. The van der Waals surface area contributed by atoms with Gasteiger partial charge in [0.25, 0.3) is 0 Å². The lowest BCUT2D eigenvalue weighted by molar-refractivity contribution is 0.197. The number of nitrogens with zero attached hydrogens (tertiary/aromatic N) is 2. The molecule has 34 heavy (non-hydrogen) atoms. The van der Waals surface area contributed by atoms with Crippen molar-refractivity contribution in [1.29, 1.82) is 0 Å². The number of aromatic nitrogens is 1. The fourth-order valence-corrected chi connectivity index (χ4v) is 4.07. The van der Waals surface area contributed by atoms with Crippen LogP contribution in [0.15, 0.2) is 97.2 Å². The fraction of sp³-hybridized carbons (Fsp3) is 0.111. The Balaban J connectivity index is 1.18. The first kappa shape index (κ1) is 21.3. The predicted octanol–water partition coefficient (Wildman–Crippen LogP) is 5.85. The fourth-order valence-electron chi connectivity index (χ4n) is 4.07. The summed E-state index contributed by atoms with van der Waals surface area (Å²) >= 11 is 0. The van der Waals surface area contributed by atoms with Crippen molar-refractivity contribution in [1.82, 2.24) is 9.47 Å². The molecule has 4 aromatic rings. The number of hydrogen-bond donors (Lipinski definition) is 3. The van der Waals surface area contributed by atoms with Crippen molar-refractivity contribution in [2.75, 3.05) is 22.5 Å². The summed E-state index contributed by atoms with van der Waals surface area (Å²) in [6, 6.07) is 28.2. The number of carbonyl (C=O) groups excluding carboxylic acids is 2. The van der Waals surface area contributed by atoms with Gasteiger partial charge in [0.15, 0.2) is 0 Å². The molecule has 3 aromatic carbocycles. The molecule has 0 saturated carbocycles. The highest BCUT2D eigenvalue weighted by Crippen LogP contribution is 2.27. The normalized spacial score (nSPS) is 12.5. The average molecular weight is 452 g/mol. The third-order valence-electron chi connectivity index (χ3n) is 5.83. The van der Waals surface area contributed by atoms with Crippen molar-refractivity contribution in [2.45, 2.75) is 13.1 Å². The maximum Gasteiger partial charge on any atom is 0.323 e. The van der Waals surface area contributed by atoms with Crippen molar-refractivity contribution >= 4 is 29.1 Å². The molecule has 170 valence electrons. The Labute approximate surface area is 198 Å². The van der Waals surface area contributed by atoms with Gasteiger partial charge in [0.05, 0.1) is 12.2 Å². The monoisotopic (exact) mass is 451 g/mol. The molecule has 1 aromatic heterocycles. The summed E-state index contributed by atoms with van der Waals surface area (Å²) in [5.41, 5.74) is 5.13. The van der Waals surface area contributed by atoms with Gasteiger partial charge in [-0.3, -0.25) is 0 Å². The summed E-state index contributed by atoms with van der Waals surface area (Å²) in [5.74, 6) is 0. The zero-order valence-corrected chi connectivity index (χ0v) is 18.6. The van der Waals surface area contributed by atoms with Crippen LogP contribution in [0.3, 0.4) is 0 Å². The number of hydrogen-bond acceptors (Lipinski definition) is 2. The molecule has 5 rings (SSSR count). The molecule has 0 bridgehead atoms. The van der Waals surface area contributed by atoms with E-state index < -0.39 is 0 Å². The van der Waals surface area contributed by atoms with Crippen molar-refractivity contribution in [3.8, 4) is 11.1 Å². The Morgan fingerprint density at radius 3 is 2.18 bits per heavy atom. The molecular formula is C27H25N5O2. The first-order chi connectivity index (χ1) is 16.7. The highest BCUT2D eigenvalue weighted by Gasteiger charge is 2.20. The Kier molecular flexibility index (Phi) is 5.99. The van der Waals surface area contributed by atoms with Crippen LogP contribution < -0.4 is 16.0 Å². The van der Waals surface area contributed by atoms with Crippen LogP contribution in [0.25, 0.3) is 11.1 Å². The summed E-state index contributed by atoms with van der Waals surface area (Å²) in [6.45, 7) is 2.04. The lowest BCUT2D eigenvalue weighted by Crippen LogP contribution is -2.40. The highest BCUT2D eigenvalue weighted by atomic mass is 16.2. The smallest absolute Gasteiger partial charge is 0.323 e. The first-order valence-corrected chi connectivity index (χ1v) is 11.2. The summed E-state index contributed by atoms with van der Waals surface area (Å²) in [5, 5.41) is 8.70. The Hall–Kier alpha value is -4.52. The second-order valence-corrected chi connectivity index (χ2v) is 8.11. The quantitative estimate of drug-likeness (QED) is 0.364. The minimum Gasteiger partial charge on any atom is -0.348 e. The van der Waals surface area contributed by atoms with Gasteiger partial charge in [-0.25, -0.2) is 9.59 Å². The van der Waals surface area contributed by atoms with E-state index in [9.17, 15) is 9.59 Å². The molecule has 0 spiro atoms. The zero-order chi connectivity index (χ0) is 23.3. The van der Waals surface area contributed by atoms with Crippen molar-refractivity contribution in [3.63, 3.8) is 0 Å². The van der Waals surface area contributed by atoms with Crippen LogP contribution in [0.4, 0.5) is 26.7 Å². The van der Waals surface area contributed by atoms with E-state index in [1.807, 2.05) is 72.9 Å². The summed E-state index contributed by atoms with van der Waals surface area (Å²) in [6.07, 6.45) is 2.03. The summed E-state index contributed by atoms with van der Waals surface area (Å²) in [4.78, 5) is 27.0. The van der Waals surface area contributed by atoms with Crippen molar-refractivity contribution in [3.05, 3.63) is 103 Å². The number of amides is 4. The molecule has 1 aliphatic rings. The molecule has 0 atom stereocenters. The maximum absolute atomic E-state index is 12.6. The third-order valence-corrected chi connectivity index (χ3v) is 5.83. The molecule has 0 saturated heterocycles. The molecule has 7 nitrogen and oxygen atoms in total. The van der Waals surface area contributed by atoms with E-state index in [1.54, 1.807) is 29.2 Å². The molecule has 0 radical (unpaired) electrons. The van der Waals surface area contributed by atoms with Crippen LogP contribution in [0, 0.1) is 0 Å². The van der Waals surface area contributed by atoms with Gasteiger partial charge in [-0.15, -0.1) is 0 Å². The standard InChI is InChI=1S/C27H25N5O2/c33-26(30-25-11-5-4-10-24(25)20-7-2-1-3-8-20)28-21-12-14-22(15-13-21)29-27(34)32-18-17-31-16-6-9-23(31)19-32/h1-16H,17-19H2,(H,29,34)(H2,28,30,33). The van der Waals surface area contributed by atoms with Crippen molar-refractivity contribution in [2.24, 2.45) is 0 Å². The largest absolute Gasteiger partial charge is 0.348 e. The Morgan fingerprint density at radius 2 is 1.38 bits per heavy atom. The number of rotatable bonds is 4. The zero-order valence-electron chi connectivity index (χ0n) is 18.6. The second kappa shape index (κ2) is 9.54. The number of carbonyl (C=O) groups is 2. The first-order valence-electron chi connectivity index (χ1n) is 11.2. The SMILES string of the molecule is O=C(Nc1ccc(NC(=O)N2CCn3cccc3C2)cc1)Nc1ccccc1-c1ccccc1. The Bertz CT molecular complexity index is 1300. The van der Waals surface area contributed by atoms with Gasteiger partial charge in [-0.05, 0) is 48.0 Å². The predicted molar refractivity (Wildman–Crippen MR) is 135 cm³/mol. The van der Waals surface area contributed by atoms with E-state index >= 15 is 0 Å². The van der Waals surface area contributed by atoms with Gasteiger partial charge in [0.2, 0.25) is 0 Å². The van der Waals surface area contributed by atoms with Gasteiger partial charge in [-0.1, -0.05) is 48.5 Å². The summed E-state index contributed by atoms with van der Waals surface area (Å²) in [7, 11) is 0. The van der Waals surface area contributed by atoms with E-state index in [0.29, 0.717) is 24.5 Å². The third kappa shape index (κ3) is 4.78. The van der Waals surface area contributed by atoms with Crippen LogP contribution in [-0.2, 0) is 13.1 Å². The minimum absolute atomic E-state index is 0.136. The molecule has 0 aliphatic carbocycles. The number of anilines is 3. The van der Waals surface area contributed by atoms with Gasteiger partial charge < -0.3 is 25.4 Å². The van der Waals surface area contributed by atoms with Crippen LogP contribution in [0.5, 0.6) is 0 Å². The molecule has 2 heterocycles. The number of fused-ring (bicyclic) bond motifs is 1. The van der Waals surface area contributed by atoms with E-state index in [4.69, 9.17) is 0 Å². The maximum atomic E-state index is 12.6. The number of urea groups is 2. The molecule has 3 N–H and O–H groups in total. The Morgan fingerprint density at radius 1 is 0.676 bits per heavy atom.